The zero-order valence-corrected chi connectivity index (χ0v) is 11.3. The van der Waals surface area contributed by atoms with Crippen LogP contribution >= 0.6 is 0 Å². The molecule has 0 aromatic heterocycles. The summed E-state index contributed by atoms with van der Waals surface area (Å²) in [6.07, 6.45) is 7.74. The fourth-order valence-corrected chi connectivity index (χ4v) is 4.83. The molecule has 0 radical (unpaired) electrons. The second kappa shape index (κ2) is 3.85. The van der Waals surface area contributed by atoms with Crippen molar-refractivity contribution in [3.05, 3.63) is 0 Å². The molecule has 1 unspecified atom stereocenters. The molecule has 2 aliphatic rings. The van der Waals surface area contributed by atoms with Gasteiger partial charge in [-0.3, -0.25) is 0 Å². The molecular weight excluding hydrogens is 196 g/mol. The maximum Gasteiger partial charge on any atom is 0.123 e. The maximum absolute atomic E-state index is 11.4. The molecule has 2 aliphatic carbocycles. The van der Waals surface area contributed by atoms with Crippen molar-refractivity contribution in [2.45, 2.75) is 59.8 Å². The summed E-state index contributed by atoms with van der Waals surface area (Å²) in [5.74, 6) is 1.64. The van der Waals surface area contributed by atoms with Crippen LogP contribution in [0.5, 0.6) is 0 Å². The van der Waals surface area contributed by atoms with Gasteiger partial charge in [0.2, 0.25) is 0 Å². The Balaban J connectivity index is 2.34. The monoisotopic (exact) mass is 222 g/mol. The molecule has 2 fully saturated rings. The molecule has 1 nitrogen and oxygen atoms in total. The molecule has 0 saturated heterocycles. The van der Waals surface area contributed by atoms with Crippen molar-refractivity contribution in [3.63, 3.8) is 0 Å². The Morgan fingerprint density at radius 3 is 2.44 bits per heavy atom. The summed E-state index contributed by atoms with van der Waals surface area (Å²) in [5, 5.41) is 0. The molecule has 0 aromatic rings. The SMILES string of the molecule is C[C@H]1CCC2C(C)(C)CCC[C@]2(C)[C@H]1C=O. The Bertz CT molecular complexity index is 281. The van der Waals surface area contributed by atoms with E-state index in [1.165, 1.54) is 38.4 Å². The zero-order valence-electron chi connectivity index (χ0n) is 11.3. The number of carbonyl (C=O) groups is 1. The Labute approximate surface area is 100.0 Å². The highest BCUT2D eigenvalue weighted by atomic mass is 16.1. The number of hydrogen-bond donors (Lipinski definition) is 0. The van der Waals surface area contributed by atoms with Crippen LogP contribution in [0.3, 0.4) is 0 Å². The first-order valence-corrected chi connectivity index (χ1v) is 6.87. The van der Waals surface area contributed by atoms with E-state index in [0.717, 1.165) is 5.92 Å². The lowest BCUT2D eigenvalue weighted by Gasteiger charge is -2.57. The van der Waals surface area contributed by atoms with Crippen LogP contribution in [-0.4, -0.2) is 6.29 Å². The number of hydrogen-bond acceptors (Lipinski definition) is 1. The average Bonchev–Trinajstić information content (AvgIpc) is 2.15. The van der Waals surface area contributed by atoms with Gasteiger partial charge in [-0.05, 0) is 48.3 Å². The molecule has 4 atom stereocenters. The molecule has 0 N–H and O–H groups in total. The topological polar surface area (TPSA) is 17.1 Å². The third-order valence-electron chi connectivity index (χ3n) is 5.71. The highest BCUT2D eigenvalue weighted by Gasteiger charge is 2.53. The van der Waals surface area contributed by atoms with E-state index in [0.29, 0.717) is 17.3 Å². The van der Waals surface area contributed by atoms with Crippen molar-refractivity contribution in [1.29, 1.82) is 0 Å². The Morgan fingerprint density at radius 2 is 1.81 bits per heavy atom. The molecular formula is C15H26O. The first-order valence-electron chi connectivity index (χ1n) is 6.87. The van der Waals surface area contributed by atoms with Gasteiger partial charge < -0.3 is 4.79 Å². The minimum absolute atomic E-state index is 0.279. The Morgan fingerprint density at radius 1 is 1.12 bits per heavy atom. The minimum Gasteiger partial charge on any atom is -0.303 e. The molecule has 0 aromatic carbocycles. The van der Waals surface area contributed by atoms with Crippen LogP contribution in [-0.2, 0) is 4.79 Å². The van der Waals surface area contributed by atoms with E-state index in [1.807, 2.05) is 0 Å². The number of aldehydes is 1. The van der Waals surface area contributed by atoms with Crippen LogP contribution in [0.2, 0.25) is 0 Å². The quantitative estimate of drug-likeness (QED) is 0.611. The molecule has 0 spiro atoms. The molecule has 2 saturated carbocycles. The summed E-state index contributed by atoms with van der Waals surface area (Å²) in [4.78, 5) is 11.4. The smallest absolute Gasteiger partial charge is 0.123 e. The van der Waals surface area contributed by atoms with E-state index in [9.17, 15) is 4.79 Å². The van der Waals surface area contributed by atoms with Crippen LogP contribution in [0.4, 0.5) is 0 Å². The summed E-state index contributed by atoms with van der Waals surface area (Å²) >= 11 is 0. The first kappa shape index (κ1) is 12.1. The van der Waals surface area contributed by atoms with Gasteiger partial charge in [0.1, 0.15) is 6.29 Å². The summed E-state index contributed by atoms with van der Waals surface area (Å²) in [6.45, 7) is 9.47. The predicted molar refractivity (Wildman–Crippen MR) is 67.2 cm³/mol. The van der Waals surface area contributed by atoms with Crippen molar-refractivity contribution in [2.75, 3.05) is 0 Å². The fraction of sp³-hybridized carbons (Fsp3) is 0.933. The molecule has 0 bridgehead atoms. The molecule has 16 heavy (non-hydrogen) atoms. The molecule has 1 heteroatoms. The van der Waals surface area contributed by atoms with Crippen LogP contribution in [0.1, 0.15) is 59.8 Å². The fourth-order valence-electron chi connectivity index (χ4n) is 4.83. The summed E-state index contributed by atoms with van der Waals surface area (Å²) in [6, 6.07) is 0. The van der Waals surface area contributed by atoms with Gasteiger partial charge in [0, 0.05) is 5.92 Å². The molecule has 0 amide bonds. The standard InChI is InChI=1S/C15H26O/c1-11-6-7-13-14(2,3)8-5-9-15(13,4)12(11)10-16/h10-13H,5-9H2,1-4H3/t11-,12-,13?,15+/m0/s1. The van der Waals surface area contributed by atoms with E-state index < -0.39 is 0 Å². The van der Waals surface area contributed by atoms with Crippen LogP contribution in [0, 0.1) is 28.6 Å². The average molecular weight is 222 g/mol. The lowest BCUT2D eigenvalue weighted by molar-refractivity contribution is -0.133. The van der Waals surface area contributed by atoms with Crippen molar-refractivity contribution >= 4 is 6.29 Å². The predicted octanol–water partition coefficient (Wildman–Crippen LogP) is 4.06. The molecule has 0 aliphatic heterocycles. The summed E-state index contributed by atoms with van der Waals surface area (Å²) < 4.78 is 0. The van der Waals surface area contributed by atoms with Gasteiger partial charge in [0.05, 0.1) is 0 Å². The van der Waals surface area contributed by atoms with Crippen LogP contribution in [0.15, 0.2) is 0 Å². The third kappa shape index (κ3) is 1.63. The third-order valence-corrected chi connectivity index (χ3v) is 5.71. The van der Waals surface area contributed by atoms with Gasteiger partial charge in [-0.1, -0.05) is 34.1 Å². The van der Waals surface area contributed by atoms with Crippen LogP contribution < -0.4 is 0 Å². The normalized spacial score (nSPS) is 47.1. The second-order valence-corrected chi connectivity index (χ2v) is 7.12. The van der Waals surface area contributed by atoms with Gasteiger partial charge in [0.25, 0.3) is 0 Å². The van der Waals surface area contributed by atoms with Crippen molar-refractivity contribution < 1.29 is 4.79 Å². The molecule has 0 heterocycles. The van der Waals surface area contributed by atoms with E-state index in [1.54, 1.807) is 0 Å². The highest BCUT2D eigenvalue weighted by Crippen LogP contribution is 2.60. The van der Waals surface area contributed by atoms with Gasteiger partial charge in [-0.15, -0.1) is 0 Å². The second-order valence-electron chi connectivity index (χ2n) is 7.12. The summed E-state index contributed by atoms with van der Waals surface area (Å²) in [7, 11) is 0. The van der Waals surface area contributed by atoms with Gasteiger partial charge in [-0.2, -0.15) is 0 Å². The highest BCUT2D eigenvalue weighted by molar-refractivity contribution is 5.56. The van der Waals surface area contributed by atoms with Crippen molar-refractivity contribution in [1.82, 2.24) is 0 Å². The molecule has 2 rings (SSSR count). The zero-order chi connectivity index (χ0) is 12.0. The molecule has 92 valence electrons. The van der Waals surface area contributed by atoms with E-state index in [-0.39, 0.29) is 5.41 Å². The summed E-state index contributed by atoms with van der Waals surface area (Å²) in [5.41, 5.74) is 0.718. The number of rotatable bonds is 1. The van der Waals surface area contributed by atoms with E-state index in [4.69, 9.17) is 0 Å². The lowest BCUT2D eigenvalue weighted by atomic mass is 9.47. The van der Waals surface area contributed by atoms with Gasteiger partial charge in [0.15, 0.2) is 0 Å². The van der Waals surface area contributed by atoms with Gasteiger partial charge in [-0.25, -0.2) is 0 Å². The van der Waals surface area contributed by atoms with Crippen molar-refractivity contribution in [2.24, 2.45) is 28.6 Å². The van der Waals surface area contributed by atoms with E-state index in [2.05, 4.69) is 27.7 Å². The van der Waals surface area contributed by atoms with Gasteiger partial charge >= 0.3 is 0 Å². The lowest BCUT2D eigenvalue weighted by Crippen LogP contribution is -2.51. The maximum atomic E-state index is 11.4. The van der Waals surface area contributed by atoms with Crippen molar-refractivity contribution in [3.8, 4) is 0 Å². The minimum atomic E-state index is 0.279. The largest absolute Gasteiger partial charge is 0.303 e. The Kier molecular flexibility index (Phi) is 2.92. The Hall–Kier alpha value is -0.330. The van der Waals surface area contributed by atoms with Crippen LogP contribution in [0.25, 0.3) is 0 Å². The number of fused-ring (bicyclic) bond motifs is 1. The first-order chi connectivity index (χ1) is 7.42. The van der Waals surface area contributed by atoms with E-state index >= 15 is 0 Å². The number of carbonyl (C=O) groups excluding carboxylic acids is 1.